The molecule has 4 nitrogen and oxygen atoms in total. The second-order valence-corrected chi connectivity index (χ2v) is 6.67. The van der Waals surface area contributed by atoms with E-state index in [0.29, 0.717) is 0 Å². The molecule has 0 aliphatic heterocycles. The minimum absolute atomic E-state index is 0.0278. The molecule has 1 aliphatic rings. The van der Waals surface area contributed by atoms with E-state index < -0.39 is 10.0 Å². The summed E-state index contributed by atoms with van der Waals surface area (Å²) in [6.07, 6.45) is 6.56. The molecule has 0 radical (unpaired) electrons. The average Bonchev–Trinajstić information content (AvgIpc) is 2.44. The number of sulfonamides is 1. The molecule has 0 saturated heterocycles. The summed E-state index contributed by atoms with van der Waals surface area (Å²) in [7, 11) is -3.22. The van der Waals surface area contributed by atoms with Gasteiger partial charge < -0.3 is 5.11 Å². The van der Waals surface area contributed by atoms with Crippen LogP contribution in [0.4, 0.5) is 0 Å². The van der Waals surface area contributed by atoms with Crippen molar-refractivity contribution in [3.8, 4) is 0 Å². The fraction of sp³-hybridized carbons (Fsp3) is 1.00. The van der Waals surface area contributed by atoms with Crippen molar-refractivity contribution in [2.45, 2.75) is 51.5 Å². The summed E-state index contributed by atoms with van der Waals surface area (Å²) >= 11 is 0. The van der Waals surface area contributed by atoms with Gasteiger partial charge in [0.2, 0.25) is 10.0 Å². The average molecular weight is 249 g/mol. The maximum Gasteiger partial charge on any atom is 0.212 e. The minimum atomic E-state index is -3.22. The van der Waals surface area contributed by atoms with Crippen molar-refractivity contribution in [1.29, 1.82) is 0 Å². The molecular weight excluding hydrogens is 226 g/mol. The van der Waals surface area contributed by atoms with Crippen molar-refractivity contribution >= 4 is 10.0 Å². The predicted molar refractivity (Wildman–Crippen MR) is 64.7 cm³/mol. The first kappa shape index (κ1) is 13.9. The van der Waals surface area contributed by atoms with Crippen LogP contribution in [0.25, 0.3) is 0 Å². The first-order valence-electron chi connectivity index (χ1n) is 6.14. The zero-order valence-electron chi connectivity index (χ0n) is 9.98. The Bertz CT molecular complexity index is 282. The van der Waals surface area contributed by atoms with Gasteiger partial charge in [0, 0.05) is 12.6 Å². The van der Waals surface area contributed by atoms with Crippen LogP contribution < -0.4 is 4.72 Å². The Morgan fingerprint density at radius 3 is 2.31 bits per heavy atom. The summed E-state index contributed by atoms with van der Waals surface area (Å²) in [5.74, 6) is -0.164. The number of hydrogen-bond donors (Lipinski definition) is 2. The van der Waals surface area contributed by atoms with Crippen molar-refractivity contribution in [3.63, 3.8) is 0 Å². The topological polar surface area (TPSA) is 66.4 Å². The summed E-state index contributed by atoms with van der Waals surface area (Å²) < 4.78 is 26.3. The summed E-state index contributed by atoms with van der Waals surface area (Å²) in [6.45, 7) is 1.66. The normalized spacial score (nSPS) is 21.6. The van der Waals surface area contributed by atoms with Crippen molar-refractivity contribution < 1.29 is 13.5 Å². The second kappa shape index (κ2) is 6.57. The van der Waals surface area contributed by atoms with Crippen molar-refractivity contribution in [2.75, 3.05) is 12.4 Å². The lowest BCUT2D eigenvalue weighted by atomic mass is 10.1. The first-order valence-corrected chi connectivity index (χ1v) is 7.79. The second-order valence-electron chi connectivity index (χ2n) is 4.88. The molecule has 16 heavy (non-hydrogen) atoms. The highest BCUT2D eigenvalue weighted by Gasteiger charge is 2.21. The molecule has 96 valence electrons. The highest BCUT2D eigenvalue weighted by molar-refractivity contribution is 7.89. The number of nitrogens with one attached hydrogen (secondary N) is 1. The van der Waals surface area contributed by atoms with Gasteiger partial charge >= 0.3 is 0 Å². The smallest absolute Gasteiger partial charge is 0.212 e. The Labute approximate surface area is 98.5 Å². The van der Waals surface area contributed by atoms with Crippen LogP contribution in [-0.4, -0.2) is 31.9 Å². The number of aliphatic hydroxyl groups excluding tert-OH is 1. The molecule has 0 aromatic rings. The van der Waals surface area contributed by atoms with E-state index in [-0.39, 0.29) is 24.3 Å². The van der Waals surface area contributed by atoms with Crippen LogP contribution >= 0.6 is 0 Å². The van der Waals surface area contributed by atoms with Crippen LogP contribution in [-0.2, 0) is 10.0 Å². The third-order valence-electron chi connectivity index (χ3n) is 3.02. The maximum absolute atomic E-state index is 11.8. The van der Waals surface area contributed by atoms with Gasteiger partial charge in [0.25, 0.3) is 0 Å². The lowest BCUT2D eigenvalue weighted by Crippen LogP contribution is -2.37. The molecular formula is C11H23NO3S. The van der Waals surface area contributed by atoms with Gasteiger partial charge in [-0.3, -0.25) is 0 Å². The van der Waals surface area contributed by atoms with Gasteiger partial charge in [-0.05, 0) is 18.8 Å². The Kier molecular flexibility index (Phi) is 5.72. The molecule has 0 bridgehead atoms. The van der Waals surface area contributed by atoms with E-state index in [1.54, 1.807) is 6.92 Å². The fourth-order valence-electron chi connectivity index (χ4n) is 2.13. The molecule has 0 spiro atoms. The third kappa shape index (κ3) is 5.27. The minimum Gasteiger partial charge on any atom is -0.396 e. The highest BCUT2D eigenvalue weighted by atomic mass is 32.2. The summed E-state index contributed by atoms with van der Waals surface area (Å²) in [5, 5.41) is 8.86. The van der Waals surface area contributed by atoms with E-state index in [2.05, 4.69) is 4.72 Å². The first-order chi connectivity index (χ1) is 7.53. The van der Waals surface area contributed by atoms with Crippen LogP contribution in [0.3, 0.4) is 0 Å². The quantitative estimate of drug-likeness (QED) is 0.721. The van der Waals surface area contributed by atoms with E-state index in [0.717, 1.165) is 25.7 Å². The molecule has 1 fully saturated rings. The van der Waals surface area contributed by atoms with E-state index in [9.17, 15) is 8.42 Å². The highest BCUT2D eigenvalue weighted by Crippen LogP contribution is 2.18. The van der Waals surface area contributed by atoms with Gasteiger partial charge in [-0.15, -0.1) is 0 Å². The Balaban J connectivity index is 2.44. The predicted octanol–water partition coefficient (Wildman–Crippen LogP) is 1.26. The van der Waals surface area contributed by atoms with Gasteiger partial charge in [-0.25, -0.2) is 13.1 Å². The lowest BCUT2D eigenvalue weighted by Gasteiger charge is -2.17. The summed E-state index contributed by atoms with van der Waals surface area (Å²) in [6, 6.07) is 0.110. The van der Waals surface area contributed by atoms with Crippen LogP contribution in [0.2, 0.25) is 0 Å². The van der Waals surface area contributed by atoms with Crippen molar-refractivity contribution in [1.82, 2.24) is 4.72 Å². The van der Waals surface area contributed by atoms with E-state index in [1.165, 1.54) is 12.8 Å². The number of aliphatic hydroxyl groups is 1. The molecule has 1 saturated carbocycles. The zero-order valence-corrected chi connectivity index (χ0v) is 10.8. The largest absolute Gasteiger partial charge is 0.396 e. The van der Waals surface area contributed by atoms with Gasteiger partial charge in [-0.2, -0.15) is 0 Å². The maximum atomic E-state index is 11.8. The SMILES string of the molecule is CC(CO)CS(=O)(=O)NC1CCCCCC1. The van der Waals surface area contributed by atoms with Gasteiger partial charge in [0.1, 0.15) is 0 Å². The number of rotatable bonds is 5. The Morgan fingerprint density at radius 2 is 1.81 bits per heavy atom. The van der Waals surface area contributed by atoms with E-state index in [1.807, 2.05) is 0 Å². The van der Waals surface area contributed by atoms with Crippen LogP contribution in [0.15, 0.2) is 0 Å². The number of hydrogen-bond acceptors (Lipinski definition) is 3. The molecule has 0 aromatic carbocycles. The lowest BCUT2D eigenvalue weighted by molar-refractivity contribution is 0.248. The van der Waals surface area contributed by atoms with Crippen molar-refractivity contribution in [2.24, 2.45) is 5.92 Å². The Morgan fingerprint density at radius 1 is 1.25 bits per heavy atom. The van der Waals surface area contributed by atoms with Crippen LogP contribution in [0.1, 0.15) is 45.4 Å². The van der Waals surface area contributed by atoms with Gasteiger partial charge in [0.05, 0.1) is 5.75 Å². The standard InChI is InChI=1S/C11H23NO3S/c1-10(8-13)9-16(14,15)12-11-6-4-2-3-5-7-11/h10-13H,2-9H2,1H3. The van der Waals surface area contributed by atoms with Crippen molar-refractivity contribution in [3.05, 3.63) is 0 Å². The van der Waals surface area contributed by atoms with Crippen LogP contribution in [0, 0.1) is 5.92 Å². The van der Waals surface area contributed by atoms with E-state index >= 15 is 0 Å². The molecule has 5 heteroatoms. The molecule has 1 aliphatic carbocycles. The molecule has 0 amide bonds. The van der Waals surface area contributed by atoms with E-state index in [4.69, 9.17) is 5.11 Å². The van der Waals surface area contributed by atoms with Crippen LogP contribution in [0.5, 0.6) is 0 Å². The monoisotopic (exact) mass is 249 g/mol. The fourth-order valence-corrected chi connectivity index (χ4v) is 3.82. The molecule has 1 atom stereocenters. The van der Waals surface area contributed by atoms with Gasteiger partial charge in [0.15, 0.2) is 0 Å². The molecule has 2 N–H and O–H groups in total. The third-order valence-corrected chi connectivity index (χ3v) is 4.72. The molecule has 1 unspecified atom stereocenters. The molecule has 0 aromatic heterocycles. The molecule has 1 rings (SSSR count). The molecule has 0 heterocycles. The van der Waals surface area contributed by atoms with Gasteiger partial charge in [-0.1, -0.05) is 32.6 Å². The zero-order chi connectivity index (χ0) is 12.0. The Hall–Kier alpha value is -0.130. The summed E-state index contributed by atoms with van der Waals surface area (Å²) in [4.78, 5) is 0. The summed E-state index contributed by atoms with van der Waals surface area (Å²) in [5.41, 5.74) is 0.